The summed E-state index contributed by atoms with van der Waals surface area (Å²) < 4.78 is 0. The Labute approximate surface area is 87.8 Å². The van der Waals surface area contributed by atoms with E-state index in [0.29, 0.717) is 18.9 Å². The number of nitrogens with zero attached hydrogens (tertiary/aromatic N) is 3. The smallest absolute Gasteiger partial charge is 0.320 e. The van der Waals surface area contributed by atoms with E-state index in [1.165, 1.54) is 0 Å². The van der Waals surface area contributed by atoms with Crippen LogP contribution in [-0.2, 0) is 4.79 Å². The quantitative estimate of drug-likeness (QED) is 0.694. The second-order valence-electron chi connectivity index (χ2n) is 3.20. The van der Waals surface area contributed by atoms with Crippen molar-refractivity contribution in [1.82, 2.24) is 9.97 Å². The second-order valence-corrected chi connectivity index (χ2v) is 3.20. The van der Waals surface area contributed by atoms with Crippen molar-refractivity contribution < 1.29 is 9.90 Å². The van der Waals surface area contributed by atoms with Crippen LogP contribution >= 0.6 is 0 Å². The van der Waals surface area contributed by atoms with Crippen molar-refractivity contribution in [1.29, 1.82) is 0 Å². The molecule has 0 saturated heterocycles. The first-order chi connectivity index (χ1) is 7.11. The van der Waals surface area contributed by atoms with Crippen molar-refractivity contribution in [2.24, 2.45) is 5.73 Å². The minimum absolute atomic E-state index is 0.365. The van der Waals surface area contributed by atoms with E-state index in [0.717, 1.165) is 0 Å². The summed E-state index contributed by atoms with van der Waals surface area (Å²) in [5, 5.41) is 8.59. The predicted octanol–water partition coefficient (Wildman–Crippen LogP) is -0.285. The minimum atomic E-state index is -0.989. The van der Waals surface area contributed by atoms with E-state index in [2.05, 4.69) is 9.97 Å². The van der Waals surface area contributed by atoms with E-state index in [9.17, 15) is 4.79 Å². The molecule has 1 aromatic heterocycles. The highest BCUT2D eigenvalue weighted by molar-refractivity contribution is 5.73. The van der Waals surface area contributed by atoms with E-state index in [4.69, 9.17) is 10.8 Å². The van der Waals surface area contributed by atoms with Gasteiger partial charge in [0.2, 0.25) is 5.95 Å². The van der Waals surface area contributed by atoms with Crippen molar-refractivity contribution in [2.45, 2.75) is 12.5 Å². The van der Waals surface area contributed by atoms with Crippen LogP contribution in [0.1, 0.15) is 6.42 Å². The molecule has 15 heavy (non-hydrogen) atoms. The molecule has 6 nitrogen and oxygen atoms in total. The third kappa shape index (κ3) is 3.51. The minimum Gasteiger partial charge on any atom is -0.480 e. The maximum absolute atomic E-state index is 10.5. The van der Waals surface area contributed by atoms with Gasteiger partial charge < -0.3 is 15.7 Å². The summed E-state index contributed by atoms with van der Waals surface area (Å²) in [7, 11) is 1.80. The molecule has 0 radical (unpaired) electrons. The lowest BCUT2D eigenvalue weighted by Crippen LogP contribution is -2.34. The molecule has 1 atom stereocenters. The third-order valence-corrected chi connectivity index (χ3v) is 1.99. The summed E-state index contributed by atoms with van der Waals surface area (Å²) in [5.74, 6) is -0.424. The third-order valence-electron chi connectivity index (χ3n) is 1.99. The average Bonchev–Trinajstić information content (AvgIpc) is 2.26. The van der Waals surface area contributed by atoms with Crippen LogP contribution in [0.25, 0.3) is 0 Å². The number of anilines is 1. The number of aliphatic carboxylic acids is 1. The van der Waals surface area contributed by atoms with Crippen molar-refractivity contribution in [3.63, 3.8) is 0 Å². The average molecular weight is 210 g/mol. The van der Waals surface area contributed by atoms with Crippen LogP contribution < -0.4 is 10.6 Å². The number of carboxylic acid groups (broad SMARTS) is 1. The molecule has 0 bridgehead atoms. The van der Waals surface area contributed by atoms with Crippen molar-refractivity contribution in [3.05, 3.63) is 18.5 Å². The molecule has 0 aliphatic carbocycles. The molecule has 6 heteroatoms. The lowest BCUT2D eigenvalue weighted by atomic mass is 10.2. The molecule has 3 N–H and O–H groups in total. The van der Waals surface area contributed by atoms with Gasteiger partial charge in [0.25, 0.3) is 0 Å². The molecule has 0 spiro atoms. The Morgan fingerprint density at radius 2 is 2.20 bits per heavy atom. The molecular formula is C9H14N4O2. The normalized spacial score (nSPS) is 12.1. The highest BCUT2D eigenvalue weighted by Gasteiger charge is 2.12. The van der Waals surface area contributed by atoms with E-state index in [1.54, 1.807) is 30.4 Å². The van der Waals surface area contributed by atoms with Crippen molar-refractivity contribution in [3.8, 4) is 0 Å². The monoisotopic (exact) mass is 210 g/mol. The molecule has 0 aromatic carbocycles. The zero-order valence-corrected chi connectivity index (χ0v) is 8.50. The first-order valence-corrected chi connectivity index (χ1v) is 4.58. The van der Waals surface area contributed by atoms with Crippen LogP contribution in [0.2, 0.25) is 0 Å². The highest BCUT2D eigenvalue weighted by Crippen LogP contribution is 2.03. The first-order valence-electron chi connectivity index (χ1n) is 4.58. The molecule has 0 aliphatic rings. The lowest BCUT2D eigenvalue weighted by molar-refractivity contribution is -0.138. The summed E-state index contributed by atoms with van der Waals surface area (Å²) in [4.78, 5) is 20.3. The largest absolute Gasteiger partial charge is 0.480 e. The number of hydrogen-bond acceptors (Lipinski definition) is 5. The van der Waals surface area contributed by atoms with Gasteiger partial charge in [-0.2, -0.15) is 0 Å². The van der Waals surface area contributed by atoms with Gasteiger partial charge in [-0.05, 0) is 12.5 Å². The number of rotatable bonds is 5. The zero-order chi connectivity index (χ0) is 11.3. The Balaban J connectivity index is 2.43. The Morgan fingerprint density at radius 1 is 1.60 bits per heavy atom. The van der Waals surface area contributed by atoms with E-state index >= 15 is 0 Å². The molecule has 0 saturated carbocycles. The van der Waals surface area contributed by atoms with Gasteiger partial charge in [-0.25, -0.2) is 9.97 Å². The number of aromatic nitrogens is 2. The summed E-state index contributed by atoms with van der Waals surface area (Å²) in [6.07, 6.45) is 3.63. The standard InChI is InChI=1S/C9H14N4O2/c1-13(6-3-7(10)8(14)15)9-11-4-2-5-12-9/h2,4-5,7H,3,6,10H2,1H3,(H,14,15)/t7-/m0/s1. The Morgan fingerprint density at radius 3 is 2.73 bits per heavy atom. The highest BCUT2D eigenvalue weighted by atomic mass is 16.4. The van der Waals surface area contributed by atoms with Crippen LogP contribution in [0, 0.1) is 0 Å². The summed E-state index contributed by atoms with van der Waals surface area (Å²) in [5.41, 5.74) is 5.38. The molecule has 82 valence electrons. The molecule has 1 heterocycles. The van der Waals surface area contributed by atoms with Gasteiger partial charge in [-0.15, -0.1) is 0 Å². The fourth-order valence-electron chi connectivity index (χ4n) is 1.04. The summed E-state index contributed by atoms with van der Waals surface area (Å²) in [6.45, 7) is 0.511. The van der Waals surface area contributed by atoms with E-state index in [-0.39, 0.29) is 0 Å². The van der Waals surface area contributed by atoms with Gasteiger partial charge in [0.05, 0.1) is 0 Å². The molecule has 1 aromatic rings. The summed E-state index contributed by atoms with van der Waals surface area (Å²) >= 11 is 0. The van der Waals surface area contributed by atoms with Crippen LogP contribution in [0.3, 0.4) is 0 Å². The fourth-order valence-corrected chi connectivity index (χ4v) is 1.04. The van der Waals surface area contributed by atoms with Crippen LogP contribution in [0.15, 0.2) is 18.5 Å². The lowest BCUT2D eigenvalue weighted by Gasteiger charge is -2.17. The predicted molar refractivity (Wildman–Crippen MR) is 55.5 cm³/mol. The van der Waals surface area contributed by atoms with Crippen LogP contribution in [0.5, 0.6) is 0 Å². The van der Waals surface area contributed by atoms with E-state index in [1.807, 2.05) is 0 Å². The van der Waals surface area contributed by atoms with E-state index < -0.39 is 12.0 Å². The maximum atomic E-state index is 10.5. The Kier molecular flexibility index (Phi) is 3.99. The number of nitrogens with two attached hydrogens (primary N) is 1. The summed E-state index contributed by atoms with van der Waals surface area (Å²) in [6, 6.07) is 0.886. The van der Waals surface area contributed by atoms with Gasteiger partial charge in [0.1, 0.15) is 6.04 Å². The van der Waals surface area contributed by atoms with Gasteiger partial charge in [-0.1, -0.05) is 0 Å². The van der Waals surface area contributed by atoms with Gasteiger partial charge in [-0.3, -0.25) is 4.79 Å². The number of hydrogen-bond donors (Lipinski definition) is 2. The zero-order valence-electron chi connectivity index (χ0n) is 8.50. The molecule has 0 unspecified atom stereocenters. The van der Waals surface area contributed by atoms with Crippen molar-refractivity contribution >= 4 is 11.9 Å². The Hall–Kier alpha value is -1.69. The topological polar surface area (TPSA) is 92.3 Å². The van der Waals surface area contributed by atoms with Crippen molar-refractivity contribution in [2.75, 3.05) is 18.5 Å². The van der Waals surface area contributed by atoms with Gasteiger partial charge in [0, 0.05) is 26.0 Å². The molecule has 0 fully saturated rings. The Bertz CT molecular complexity index is 317. The molecule has 0 aliphatic heterocycles. The second kappa shape index (κ2) is 5.26. The fraction of sp³-hybridized carbons (Fsp3) is 0.444. The maximum Gasteiger partial charge on any atom is 0.320 e. The first kappa shape index (κ1) is 11.4. The number of carboxylic acids is 1. The number of carbonyl (C=O) groups is 1. The molecular weight excluding hydrogens is 196 g/mol. The molecule has 1 rings (SSSR count). The van der Waals surface area contributed by atoms with Crippen LogP contribution in [-0.4, -0.2) is 40.7 Å². The SMILES string of the molecule is CN(CC[C@H](N)C(=O)O)c1ncccn1. The van der Waals surface area contributed by atoms with Gasteiger partial charge >= 0.3 is 5.97 Å². The van der Waals surface area contributed by atoms with Crippen LogP contribution in [0.4, 0.5) is 5.95 Å². The van der Waals surface area contributed by atoms with Gasteiger partial charge in [0.15, 0.2) is 0 Å². The molecule has 0 amide bonds.